The number of hydrogen-bond donors (Lipinski definition) is 1. The molecule has 0 aliphatic carbocycles. The minimum Gasteiger partial charge on any atom is -0.310 e. The third kappa shape index (κ3) is 3.92. The summed E-state index contributed by atoms with van der Waals surface area (Å²) < 4.78 is 2.22. The Morgan fingerprint density at radius 3 is 2.50 bits per heavy atom. The van der Waals surface area contributed by atoms with Crippen LogP contribution in [0.15, 0.2) is 44.7 Å². The molecular weight excluding hydrogens is 374 g/mol. The van der Waals surface area contributed by atoms with E-state index in [1.165, 1.54) is 10.4 Å². The number of likely N-dealkylation sites (N-methyl/N-ethyl adjacent to an activating group) is 1. The predicted molar refractivity (Wildman–Crippen MR) is 86.3 cm³/mol. The molecule has 1 aromatic heterocycles. The van der Waals surface area contributed by atoms with Gasteiger partial charge in [-0.25, -0.2) is 0 Å². The van der Waals surface area contributed by atoms with Crippen LogP contribution in [-0.4, -0.2) is 6.54 Å². The van der Waals surface area contributed by atoms with Crippen LogP contribution in [0.2, 0.25) is 0 Å². The summed E-state index contributed by atoms with van der Waals surface area (Å²) in [5.41, 5.74) is 1.31. The summed E-state index contributed by atoms with van der Waals surface area (Å²) in [6.07, 6.45) is 1.04. The second kappa shape index (κ2) is 6.85. The summed E-state index contributed by atoms with van der Waals surface area (Å²) >= 11 is 8.93. The lowest BCUT2D eigenvalue weighted by atomic mass is 10.0. The Morgan fingerprint density at radius 1 is 1.22 bits per heavy atom. The highest BCUT2D eigenvalue weighted by Gasteiger charge is 2.13. The first-order valence-corrected chi connectivity index (χ1v) is 8.37. The van der Waals surface area contributed by atoms with E-state index in [0.717, 1.165) is 21.9 Å². The smallest absolute Gasteiger partial charge is 0.0369 e. The van der Waals surface area contributed by atoms with E-state index in [-0.39, 0.29) is 0 Å². The largest absolute Gasteiger partial charge is 0.310 e. The van der Waals surface area contributed by atoms with Crippen molar-refractivity contribution < 1.29 is 0 Å². The van der Waals surface area contributed by atoms with Crippen molar-refractivity contribution in [2.75, 3.05) is 6.54 Å². The minimum atomic E-state index is 0.363. The Hall–Kier alpha value is -0.160. The fourth-order valence-corrected chi connectivity index (χ4v) is 4.04. The standard InChI is InChI=1S/C14H15Br2NS/c1-2-17-14(9-13-4-3-5-18-13)10-6-11(15)8-12(16)7-10/h3-8,14,17H,2,9H2,1H3. The van der Waals surface area contributed by atoms with E-state index in [0.29, 0.717) is 6.04 Å². The van der Waals surface area contributed by atoms with Gasteiger partial charge in [-0.3, -0.25) is 0 Å². The van der Waals surface area contributed by atoms with Crippen molar-refractivity contribution in [3.8, 4) is 0 Å². The van der Waals surface area contributed by atoms with Crippen LogP contribution in [0.25, 0.3) is 0 Å². The van der Waals surface area contributed by atoms with Crippen molar-refractivity contribution in [3.63, 3.8) is 0 Å². The van der Waals surface area contributed by atoms with Crippen molar-refractivity contribution in [3.05, 3.63) is 55.1 Å². The summed E-state index contributed by atoms with van der Waals surface area (Å²) in [7, 11) is 0. The molecule has 4 heteroatoms. The zero-order valence-corrected chi connectivity index (χ0v) is 14.1. The van der Waals surface area contributed by atoms with Crippen LogP contribution in [0.1, 0.15) is 23.4 Å². The molecule has 0 aliphatic rings. The fraction of sp³-hybridized carbons (Fsp3) is 0.286. The van der Waals surface area contributed by atoms with Gasteiger partial charge in [0.2, 0.25) is 0 Å². The molecule has 96 valence electrons. The first kappa shape index (κ1) is 14.3. The van der Waals surface area contributed by atoms with Gasteiger partial charge in [0, 0.05) is 26.3 Å². The third-order valence-corrected chi connectivity index (χ3v) is 4.54. The molecule has 0 fully saturated rings. The van der Waals surface area contributed by atoms with Crippen LogP contribution >= 0.6 is 43.2 Å². The molecular formula is C14H15Br2NS. The van der Waals surface area contributed by atoms with E-state index in [2.05, 4.69) is 79.8 Å². The van der Waals surface area contributed by atoms with Gasteiger partial charge in [-0.15, -0.1) is 11.3 Å². The number of thiophene rings is 1. The highest BCUT2D eigenvalue weighted by Crippen LogP contribution is 2.27. The number of halogens is 2. The van der Waals surface area contributed by atoms with Crippen LogP contribution in [0.3, 0.4) is 0 Å². The molecule has 1 unspecified atom stereocenters. The molecule has 1 nitrogen and oxygen atoms in total. The van der Waals surface area contributed by atoms with Gasteiger partial charge in [0.15, 0.2) is 0 Å². The average molecular weight is 389 g/mol. The molecule has 0 saturated heterocycles. The number of hydrogen-bond acceptors (Lipinski definition) is 2. The maximum absolute atomic E-state index is 3.56. The molecule has 0 saturated carbocycles. The van der Waals surface area contributed by atoms with E-state index in [1.54, 1.807) is 0 Å². The maximum atomic E-state index is 3.56. The van der Waals surface area contributed by atoms with E-state index >= 15 is 0 Å². The lowest BCUT2D eigenvalue weighted by Gasteiger charge is -2.18. The monoisotopic (exact) mass is 387 g/mol. The molecule has 0 amide bonds. The number of nitrogens with one attached hydrogen (secondary N) is 1. The topological polar surface area (TPSA) is 12.0 Å². The zero-order chi connectivity index (χ0) is 13.0. The van der Waals surface area contributed by atoms with E-state index in [4.69, 9.17) is 0 Å². The molecule has 0 radical (unpaired) electrons. The van der Waals surface area contributed by atoms with Gasteiger partial charge in [0.1, 0.15) is 0 Å². The predicted octanol–water partition coefficient (Wildman–Crippen LogP) is 5.17. The number of benzene rings is 1. The van der Waals surface area contributed by atoms with Crippen molar-refractivity contribution >= 4 is 43.2 Å². The van der Waals surface area contributed by atoms with Gasteiger partial charge in [0.25, 0.3) is 0 Å². The van der Waals surface area contributed by atoms with E-state index < -0.39 is 0 Å². The summed E-state index contributed by atoms with van der Waals surface area (Å²) in [4.78, 5) is 1.41. The molecule has 1 N–H and O–H groups in total. The molecule has 1 heterocycles. The van der Waals surface area contributed by atoms with Gasteiger partial charge < -0.3 is 5.32 Å². The Morgan fingerprint density at radius 2 is 1.94 bits per heavy atom. The average Bonchev–Trinajstić information content (AvgIpc) is 2.80. The van der Waals surface area contributed by atoms with Crippen molar-refractivity contribution in [2.24, 2.45) is 0 Å². The van der Waals surface area contributed by atoms with E-state index in [9.17, 15) is 0 Å². The van der Waals surface area contributed by atoms with E-state index in [1.807, 2.05) is 11.3 Å². The first-order valence-electron chi connectivity index (χ1n) is 5.90. The molecule has 0 spiro atoms. The van der Waals surface area contributed by atoms with Gasteiger partial charge in [-0.1, -0.05) is 44.8 Å². The Bertz CT molecular complexity index is 476. The molecule has 0 bridgehead atoms. The summed E-state index contributed by atoms with van der Waals surface area (Å²) in [5, 5.41) is 5.69. The van der Waals surface area contributed by atoms with Crippen molar-refractivity contribution in [2.45, 2.75) is 19.4 Å². The first-order chi connectivity index (χ1) is 8.69. The van der Waals surface area contributed by atoms with Crippen LogP contribution in [0.4, 0.5) is 0 Å². The molecule has 18 heavy (non-hydrogen) atoms. The van der Waals surface area contributed by atoms with Gasteiger partial charge >= 0.3 is 0 Å². The normalized spacial score (nSPS) is 12.6. The Labute approximate surface area is 129 Å². The second-order valence-electron chi connectivity index (χ2n) is 4.10. The van der Waals surface area contributed by atoms with Gasteiger partial charge in [0.05, 0.1) is 0 Å². The minimum absolute atomic E-state index is 0.363. The van der Waals surface area contributed by atoms with Gasteiger partial charge in [-0.05, 0) is 41.8 Å². The van der Waals surface area contributed by atoms with Crippen molar-refractivity contribution in [1.82, 2.24) is 5.32 Å². The lowest BCUT2D eigenvalue weighted by Crippen LogP contribution is -2.22. The van der Waals surface area contributed by atoms with Crippen LogP contribution < -0.4 is 5.32 Å². The molecule has 2 rings (SSSR count). The molecule has 1 atom stereocenters. The van der Waals surface area contributed by atoms with Crippen LogP contribution in [0.5, 0.6) is 0 Å². The summed E-state index contributed by atoms with van der Waals surface area (Å²) in [6.45, 7) is 3.12. The molecule has 0 aliphatic heterocycles. The lowest BCUT2D eigenvalue weighted by molar-refractivity contribution is 0.553. The fourth-order valence-electron chi connectivity index (χ4n) is 1.96. The third-order valence-electron chi connectivity index (χ3n) is 2.72. The van der Waals surface area contributed by atoms with Crippen LogP contribution in [-0.2, 0) is 6.42 Å². The highest BCUT2D eigenvalue weighted by molar-refractivity contribution is 9.11. The zero-order valence-electron chi connectivity index (χ0n) is 10.1. The van der Waals surface area contributed by atoms with Gasteiger partial charge in [-0.2, -0.15) is 0 Å². The van der Waals surface area contributed by atoms with Crippen molar-refractivity contribution in [1.29, 1.82) is 0 Å². The molecule has 1 aromatic carbocycles. The second-order valence-corrected chi connectivity index (χ2v) is 6.96. The molecule has 2 aromatic rings. The highest BCUT2D eigenvalue weighted by atomic mass is 79.9. The number of rotatable bonds is 5. The van der Waals surface area contributed by atoms with Crippen LogP contribution in [0, 0.1) is 0 Å². The Kier molecular flexibility index (Phi) is 5.42. The quantitative estimate of drug-likeness (QED) is 0.745. The Balaban J connectivity index is 2.23. The summed E-state index contributed by atoms with van der Waals surface area (Å²) in [6, 6.07) is 11.1. The maximum Gasteiger partial charge on any atom is 0.0369 e. The summed E-state index contributed by atoms with van der Waals surface area (Å²) in [5.74, 6) is 0. The SMILES string of the molecule is CCNC(Cc1cccs1)c1cc(Br)cc(Br)c1.